The molecule has 0 atom stereocenters. The van der Waals surface area contributed by atoms with E-state index in [1.54, 1.807) is 32.9 Å². The third kappa shape index (κ3) is 7.14. The number of carbonyl (C=O) groups is 2. The van der Waals surface area contributed by atoms with Crippen molar-refractivity contribution in [3.05, 3.63) is 18.3 Å². The largest absolute Gasteiger partial charge is 0.481 e. The molecule has 0 aliphatic heterocycles. The van der Waals surface area contributed by atoms with E-state index in [0.29, 0.717) is 11.6 Å². The molecular weight excluding hydrogens is 274 g/mol. The van der Waals surface area contributed by atoms with Crippen molar-refractivity contribution in [3.8, 4) is 5.88 Å². The highest BCUT2D eigenvalue weighted by Gasteiger charge is 2.15. The first-order valence-corrected chi connectivity index (χ1v) is 6.57. The monoisotopic (exact) mass is 295 g/mol. The van der Waals surface area contributed by atoms with Gasteiger partial charge in [0.05, 0.1) is 7.11 Å². The zero-order valence-corrected chi connectivity index (χ0v) is 12.7. The van der Waals surface area contributed by atoms with E-state index in [0.717, 1.165) is 0 Å². The second-order valence-electron chi connectivity index (χ2n) is 5.31. The molecule has 0 unspecified atom stereocenters. The lowest BCUT2D eigenvalue weighted by Crippen LogP contribution is -2.34. The predicted octanol–water partition coefficient (Wildman–Crippen LogP) is 1.94. The number of alkyl carbamates (subject to hydrolysis) is 1. The molecule has 116 valence electrons. The summed E-state index contributed by atoms with van der Waals surface area (Å²) in [6.07, 6.45) is 1.14. The SMILES string of the molecule is COc1cc(NC(=O)CCNC(=O)OC(C)(C)C)ccn1. The molecule has 7 heteroatoms. The summed E-state index contributed by atoms with van der Waals surface area (Å²) < 4.78 is 10.0. The van der Waals surface area contributed by atoms with Crippen molar-refractivity contribution in [3.63, 3.8) is 0 Å². The lowest BCUT2D eigenvalue weighted by molar-refractivity contribution is -0.116. The summed E-state index contributed by atoms with van der Waals surface area (Å²) in [7, 11) is 1.50. The molecule has 7 nitrogen and oxygen atoms in total. The maximum absolute atomic E-state index is 11.7. The van der Waals surface area contributed by atoms with Gasteiger partial charge < -0.3 is 20.1 Å². The minimum atomic E-state index is -0.556. The number of methoxy groups -OCH3 is 1. The summed E-state index contributed by atoms with van der Waals surface area (Å²) in [5.41, 5.74) is 0.0315. The van der Waals surface area contributed by atoms with Gasteiger partial charge in [-0.25, -0.2) is 9.78 Å². The molecule has 0 aliphatic carbocycles. The van der Waals surface area contributed by atoms with Crippen molar-refractivity contribution >= 4 is 17.7 Å². The molecule has 0 spiro atoms. The zero-order valence-electron chi connectivity index (χ0n) is 12.7. The molecule has 0 bridgehead atoms. The first kappa shape index (κ1) is 16.7. The molecule has 1 rings (SSSR count). The van der Waals surface area contributed by atoms with Crippen LogP contribution in [0.5, 0.6) is 5.88 Å². The highest BCUT2D eigenvalue weighted by Crippen LogP contribution is 2.13. The Balaban J connectivity index is 2.32. The zero-order chi connectivity index (χ0) is 15.9. The molecule has 1 aromatic rings. The van der Waals surface area contributed by atoms with E-state index in [1.807, 2.05) is 0 Å². The standard InChI is InChI=1S/C14H21N3O4/c1-14(2,3)21-13(19)16-8-6-11(18)17-10-5-7-15-12(9-10)20-4/h5,7,9H,6,8H2,1-4H3,(H,16,19)(H,15,17,18). The number of ether oxygens (including phenoxy) is 2. The van der Waals surface area contributed by atoms with Crippen LogP contribution < -0.4 is 15.4 Å². The van der Waals surface area contributed by atoms with Gasteiger partial charge in [0.25, 0.3) is 0 Å². The molecule has 2 N–H and O–H groups in total. The predicted molar refractivity (Wildman–Crippen MR) is 78.3 cm³/mol. The van der Waals surface area contributed by atoms with Gasteiger partial charge in [-0.2, -0.15) is 0 Å². The number of pyridine rings is 1. The smallest absolute Gasteiger partial charge is 0.407 e. The van der Waals surface area contributed by atoms with E-state index in [9.17, 15) is 9.59 Å². The maximum Gasteiger partial charge on any atom is 0.407 e. The Morgan fingerprint density at radius 2 is 2.05 bits per heavy atom. The van der Waals surface area contributed by atoms with Crippen LogP contribution in [0.3, 0.4) is 0 Å². The summed E-state index contributed by atoms with van der Waals surface area (Å²) in [6.45, 7) is 5.52. The van der Waals surface area contributed by atoms with Crippen molar-refractivity contribution in [1.29, 1.82) is 0 Å². The average molecular weight is 295 g/mol. The van der Waals surface area contributed by atoms with Gasteiger partial charge in [0.1, 0.15) is 5.60 Å². The van der Waals surface area contributed by atoms with Crippen molar-refractivity contribution in [1.82, 2.24) is 10.3 Å². The lowest BCUT2D eigenvalue weighted by Gasteiger charge is -2.19. The first-order chi connectivity index (χ1) is 9.80. The number of nitrogens with zero attached hydrogens (tertiary/aromatic N) is 1. The fraction of sp³-hybridized carbons (Fsp3) is 0.500. The third-order valence-corrected chi connectivity index (χ3v) is 2.25. The second kappa shape index (κ2) is 7.47. The van der Waals surface area contributed by atoms with Gasteiger partial charge in [0, 0.05) is 30.9 Å². The highest BCUT2D eigenvalue weighted by atomic mass is 16.6. The van der Waals surface area contributed by atoms with Crippen LogP contribution in [0, 0.1) is 0 Å². The molecule has 1 heterocycles. The van der Waals surface area contributed by atoms with E-state index in [1.165, 1.54) is 13.3 Å². The summed E-state index contributed by atoms with van der Waals surface area (Å²) in [5, 5.41) is 5.21. The van der Waals surface area contributed by atoms with Crippen molar-refractivity contribution in [2.75, 3.05) is 19.0 Å². The van der Waals surface area contributed by atoms with Crippen molar-refractivity contribution < 1.29 is 19.1 Å². The number of amides is 2. The summed E-state index contributed by atoms with van der Waals surface area (Å²) in [6, 6.07) is 3.26. The molecule has 0 fully saturated rings. The van der Waals surface area contributed by atoms with Crippen LogP contribution in [-0.2, 0) is 9.53 Å². The van der Waals surface area contributed by atoms with Crippen LogP contribution in [-0.4, -0.2) is 36.2 Å². The van der Waals surface area contributed by atoms with Gasteiger partial charge in [-0.05, 0) is 26.8 Å². The summed E-state index contributed by atoms with van der Waals surface area (Å²) in [4.78, 5) is 27.0. The number of aromatic nitrogens is 1. The number of rotatable bonds is 5. The van der Waals surface area contributed by atoms with E-state index in [-0.39, 0.29) is 18.9 Å². The van der Waals surface area contributed by atoms with E-state index < -0.39 is 11.7 Å². The fourth-order valence-electron chi connectivity index (χ4n) is 1.41. The van der Waals surface area contributed by atoms with E-state index in [2.05, 4.69) is 15.6 Å². The lowest BCUT2D eigenvalue weighted by atomic mass is 10.2. The molecule has 0 saturated carbocycles. The molecule has 0 saturated heterocycles. The number of hydrogen-bond donors (Lipinski definition) is 2. The summed E-state index contributed by atoms with van der Waals surface area (Å²) >= 11 is 0. The molecule has 0 aliphatic rings. The maximum atomic E-state index is 11.7. The third-order valence-electron chi connectivity index (χ3n) is 2.25. The Bertz CT molecular complexity index is 497. The Kier molecular flexibility index (Phi) is 5.95. The molecule has 1 aromatic heterocycles. The van der Waals surface area contributed by atoms with Crippen LogP contribution in [0.25, 0.3) is 0 Å². The first-order valence-electron chi connectivity index (χ1n) is 6.57. The quantitative estimate of drug-likeness (QED) is 0.866. The van der Waals surface area contributed by atoms with Gasteiger partial charge in [-0.15, -0.1) is 0 Å². The van der Waals surface area contributed by atoms with E-state index >= 15 is 0 Å². The minimum absolute atomic E-state index is 0.143. The van der Waals surface area contributed by atoms with Crippen LogP contribution in [0.2, 0.25) is 0 Å². The van der Waals surface area contributed by atoms with Gasteiger partial charge >= 0.3 is 6.09 Å². The van der Waals surface area contributed by atoms with Gasteiger partial charge in [0.2, 0.25) is 11.8 Å². The summed E-state index contributed by atoms with van der Waals surface area (Å²) in [5.74, 6) is 0.194. The normalized spacial score (nSPS) is 10.7. The Labute approximate surface area is 124 Å². The Morgan fingerprint density at radius 3 is 2.67 bits per heavy atom. The Morgan fingerprint density at radius 1 is 1.33 bits per heavy atom. The van der Waals surface area contributed by atoms with Crippen LogP contribution in [0.1, 0.15) is 27.2 Å². The number of carbonyl (C=O) groups excluding carboxylic acids is 2. The molecule has 2 amide bonds. The topological polar surface area (TPSA) is 89.6 Å². The second-order valence-corrected chi connectivity index (χ2v) is 5.31. The molecular formula is C14H21N3O4. The minimum Gasteiger partial charge on any atom is -0.481 e. The van der Waals surface area contributed by atoms with Gasteiger partial charge in [-0.3, -0.25) is 4.79 Å². The number of hydrogen-bond acceptors (Lipinski definition) is 5. The number of nitrogens with one attached hydrogen (secondary N) is 2. The Hall–Kier alpha value is -2.31. The van der Waals surface area contributed by atoms with Crippen LogP contribution in [0.15, 0.2) is 18.3 Å². The van der Waals surface area contributed by atoms with E-state index in [4.69, 9.17) is 9.47 Å². The molecule has 21 heavy (non-hydrogen) atoms. The van der Waals surface area contributed by atoms with Crippen LogP contribution in [0.4, 0.5) is 10.5 Å². The van der Waals surface area contributed by atoms with Crippen molar-refractivity contribution in [2.45, 2.75) is 32.8 Å². The number of anilines is 1. The molecule has 0 radical (unpaired) electrons. The molecule has 0 aromatic carbocycles. The highest BCUT2D eigenvalue weighted by molar-refractivity contribution is 5.91. The average Bonchev–Trinajstić information content (AvgIpc) is 2.36. The van der Waals surface area contributed by atoms with Crippen molar-refractivity contribution in [2.24, 2.45) is 0 Å². The van der Waals surface area contributed by atoms with Crippen LogP contribution >= 0.6 is 0 Å². The van der Waals surface area contributed by atoms with Gasteiger partial charge in [0.15, 0.2) is 0 Å². The van der Waals surface area contributed by atoms with Gasteiger partial charge in [-0.1, -0.05) is 0 Å². The fourth-order valence-corrected chi connectivity index (χ4v) is 1.41.